The molecule has 0 spiro atoms. The first kappa shape index (κ1) is 25.5. The van der Waals surface area contributed by atoms with Gasteiger partial charge in [-0.3, -0.25) is 9.97 Å². The fourth-order valence-electron chi connectivity index (χ4n) is 7.13. The third-order valence-corrected chi connectivity index (χ3v) is 9.93. The smallest absolute Gasteiger partial charge is 0.261 e. The highest BCUT2D eigenvalue weighted by Gasteiger charge is 2.43. The highest BCUT2D eigenvalue weighted by Crippen LogP contribution is 2.53. The summed E-state index contributed by atoms with van der Waals surface area (Å²) in [4.78, 5) is 14.2. The molecular formula is C37H26BN3O2S. The van der Waals surface area contributed by atoms with Crippen molar-refractivity contribution in [3.05, 3.63) is 120 Å². The number of anilines is 3. The molecule has 2 aromatic heterocycles. The molecule has 7 heteroatoms. The van der Waals surface area contributed by atoms with E-state index in [4.69, 9.17) is 14.5 Å². The summed E-state index contributed by atoms with van der Waals surface area (Å²) in [6.45, 7) is 6.32. The molecule has 0 saturated heterocycles. The van der Waals surface area contributed by atoms with Crippen molar-refractivity contribution >= 4 is 51.9 Å². The summed E-state index contributed by atoms with van der Waals surface area (Å²) < 4.78 is 13.5. The molecule has 0 unspecified atom stereocenters. The van der Waals surface area contributed by atoms with Gasteiger partial charge in [-0.2, -0.15) is 0 Å². The second kappa shape index (κ2) is 9.50. The molecule has 4 aromatic carbocycles. The van der Waals surface area contributed by atoms with Gasteiger partial charge in [-0.25, -0.2) is 0 Å². The molecule has 0 saturated carbocycles. The molecule has 0 bridgehead atoms. The van der Waals surface area contributed by atoms with Crippen molar-refractivity contribution in [3.8, 4) is 34.3 Å². The number of aryl methyl sites for hydroxylation is 3. The molecule has 0 atom stereocenters. The molecule has 0 fully saturated rings. The Kier molecular flexibility index (Phi) is 5.50. The van der Waals surface area contributed by atoms with Crippen LogP contribution < -0.4 is 30.8 Å². The van der Waals surface area contributed by atoms with Crippen molar-refractivity contribution in [1.29, 1.82) is 0 Å². The Morgan fingerprint density at radius 1 is 0.682 bits per heavy atom. The van der Waals surface area contributed by atoms with E-state index in [9.17, 15) is 0 Å². The minimum absolute atomic E-state index is 0.104. The van der Waals surface area contributed by atoms with Gasteiger partial charge >= 0.3 is 0 Å². The predicted octanol–water partition coefficient (Wildman–Crippen LogP) is 7.73. The molecule has 0 aliphatic carbocycles. The number of nitrogens with zero attached hydrogens (tertiary/aromatic N) is 3. The first-order valence-electron chi connectivity index (χ1n) is 14.8. The number of pyridine rings is 2. The summed E-state index contributed by atoms with van der Waals surface area (Å²) in [6, 6.07) is 30.1. The molecule has 0 radical (unpaired) electrons. The Balaban J connectivity index is 1.29. The van der Waals surface area contributed by atoms with Crippen LogP contribution in [0, 0.1) is 20.8 Å². The van der Waals surface area contributed by atoms with E-state index in [2.05, 4.69) is 116 Å². The summed E-state index contributed by atoms with van der Waals surface area (Å²) in [5.74, 6) is 3.03. The number of ether oxygens (including phenoxy) is 2. The van der Waals surface area contributed by atoms with Gasteiger partial charge in [0, 0.05) is 27.0 Å². The third-order valence-electron chi connectivity index (χ3n) is 8.80. The van der Waals surface area contributed by atoms with Gasteiger partial charge in [-0.05, 0) is 79.2 Å². The number of aromatic nitrogens is 2. The third kappa shape index (κ3) is 3.62. The van der Waals surface area contributed by atoms with Crippen LogP contribution in [0.2, 0.25) is 0 Å². The van der Waals surface area contributed by atoms with Crippen molar-refractivity contribution < 1.29 is 9.47 Å². The SMILES string of the molecule is Cc1cc(C)c(-c2nccc3c2Oc2cncc4c2B3c2cccc(N3c5ccccc5Sc5ccccc53)c2O4)c(C)c1. The molecule has 44 heavy (non-hydrogen) atoms. The Morgan fingerprint density at radius 3 is 2.00 bits per heavy atom. The second-order valence-corrected chi connectivity index (χ2v) is 12.7. The summed E-state index contributed by atoms with van der Waals surface area (Å²) in [6.07, 6.45) is 5.52. The standard InChI is InChI=1S/C37H26BN3O2S/c1-21-17-22(2)33(23(3)18-21)35-37-25(15-16-40-35)38-24-9-8-12-28(36(24)42-29-19-39-20-30(43-37)34(29)38)41-26-10-4-6-13-31(26)44-32-14-7-5-11-27(32)41/h4-20H,1-3H3. The lowest BCUT2D eigenvalue weighted by atomic mass is 9.35. The van der Waals surface area contributed by atoms with Crippen molar-refractivity contribution in [3.63, 3.8) is 0 Å². The normalized spacial score (nSPS) is 13.5. The largest absolute Gasteiger partial charge is 0.454 e. The van der Waals surface area contributed by atoms with E-state index in [1.807, 2.05) is 12.4 Å². The molecule has 5 nitrogen and oxygen atoms in total. The Hall–Kier alpha value is -5.01. The summed E-state index contributed by atoms with van der Waals surface area (Å²) in [5.41, 5.74) is 12.0. The van der Waals surface area contributed by atoms with Crippen LogP contribution in [0.5, 0.6) is 23.0 Å². The van der Waals surface area contributed by atoms with Gasteiger partial charge in [0.1, 0.15) is 28.7 Å². The van der Waals surface area contributed by atoms with Gasteiger partial charge < -0.3 is 14.4 Å². The van der Waals surface area contributed by atoms with Gasteiger partial charge in [-0.15, -0.1) is 0 Å². The molecule has 0 N–H and O–H groups in total. The highest BCUT2D eigenvalue weighted by atomic mass is 32.2. The topological polar surface area (TPSA) is 47.5 Å². The Bertz CT molecular complexity index is 2110. The average Bonchev–Trinajstić information content (AvgIpc) is 3.03. The Morgan fingerprint density at radius 2 is 1.30 bits per heavy atom. The number of para-hydroxylation sites is 3. The summed E-state index contributed by atoms with van der Waals surface area (Å²) in [5, 5.41) is 0. The van der Waals surface area contributed by atoms with E-state index in [0.29, 0.717) is 11.5 Å². The molecule has 210 valence electrons. The van der Waals surface area contributed by atoms with E-state index in [0.717, 1.165) is 56.2 Å². The van der Waals surface area contributed by atoms with Crippen LogP contribution in [0.1, 0.15) is 16.7 Å². The van der Waals surface area contributed by atoms with Crippen molar-refractivity contribution in [2.75, 3.05) is 4.90 Å². The van der Waals surface area contributed by atoms with E-state index in [-0.39, 0.29) is 6.71 Å². The van der Waals surface area contributed by atoms with Crippen LogP contribution in [-0.2, 0) is 0 Å². The van der Waals surface area contributed by atoms with E-state index < -0.39 is 0 Å². The lowest BCUT2D eigenvalue weighted by Crippen LogP contribution is -2.57. The lowest BCUT2D eigenvalue weighted by Gasteiger charge is -2.37. The summed E-state index contributed by atoms with van der Waals surface area (Å²) in [7, 11) is 0. The fourth-order valence-corrected chi connectivity index (χ4v) is 8.19. The van der Waals surface area contributed by atoms with Crippen LogP contribution in [0.15, 0.2) is 113 Å². The van der Waals surface area contributed by atoms with Crippen molar-refractivity contribution in [1.82, 2.24) is 9.97 Å². The van der Waals surface area contributed by atoms with Gasteiger partial charge in [-0.1, -0.05) is 65.9 Å². The minimum atomic E-state index is -0.104. The minimum Gasteiger partial charge on any atom is -0.454 e. The van der Waals surface area contributed by atoms with Crippen molar-refractivity contribution in [2.45, 2.75) is 30.6 Å². The van der Waals surface area contributed by atoms with E-state index >= 15 is 0 Å². The predicted molar refractivity (Wildman–Crippen MR) is 178 cm³/mol. The zero-order chi connectivity index (χ0) is 29.5. The highest BCUT2D eigenvalue weighted by molar-refractivity contribution is 7.99. The van der Waals surface area contributed by atoms with Crippen LogP contribution in [-0.4, -0.2) is 16.7 Å². The quantitative estimate of drug-likeness (QED) is 0.193. The molecule has 6 aromatic rings. The molecule has 9 rings (SSSR count). The number of rotatable bonds is 2. The van der Waals surface area contributed by atoms with Crippen LogP contribution in [0.25, 0.3) is 11.3 Å². The Labute approximate surface area is 260 Å². The van der Waals surface area contributed by atoms with Gasteiger partial charge in [0.2, 0.25) is 0 Å². The average molecular weight is 588 g/mol. The van der Waals surface area contributed by atoms with E-state index in [1.165, 1.54) is 26.5 Å². The zero-order valence-electron chi connectivity index (χ0n) is 24.5. The first-order valence-corrected chi connectivity index (χ1v) is 15.6. The summed E-state index contributed by atoms with van der Waals surface area (Å²) >= 11 is 1.80. The molecule has 0 amide bonds. The molecule has 5 heterocycles. The number of benzene rings is 4. The van der Waals surface area contributed by atoms with Crippen molar-refractivity contribution in [2.24, 2.45) is 0 Å². The molecule has 3 aliphatic rings. The maximum absolute atomic E-state index is 6.81. The van der Waals surface area contributed by atoms with Crippen LogP contribution in [0.3, 0.4) is 0 Å². The van der Waals surface area contributed by atoms with E-state index in [1.54, 1.807) is 18.0 Å². The monoisotopic (exact) mass is 587 g/mol. The maximum Gasteiger partial charge on any atom is 0.261 e. The number of hydrogen-bond donors (Lipinski definition) is 0. The van der Waals surface area contributed by atoms with Crippen LogP contribution >= 0.6 is 11.8 Å². The number of hydrogen-bond acceptors (Lipinski definition) is 6. The molecular weight excluding hydrogens is 561 g/mol. The van der Waals surface area contributed by atoms with Gasteiger partial charge in [0.15, 0.2) is 0 Å². The first-order chi connectivity index (χ1) is 21.6. The van der Waals surface area contributed by atoms with Crippen LogP contribution in [0.4, 0.5) is 17.1 Å². The van der Waals surface area contributed by atoms with Gasteiger partial charge in [0.25, 0.3) is 6.71 Å². The zero-order valence-corrected chi connectivity index (χ0v) is 25.3. The lowest BCUT2D eigenvalue weighted by molar-refractivity contribution is 0.460. The fraction of sp³-hybridized carbons (Fsp3) is 0.0811. The maximum atomic E-state index is 6.81. The van der Waals surface area contributed by atoms with Gasteiger partial charge in [0.05, 0.1) is 29.5 Å². The molecule has 3 aliphatic heterocycles. The second-order valence-electron chi connectivity index (χ2n) is 11.6. The number of fused-ring (bicyclic) bond motifs is 6.